The van der Waals surface area contributed by atoms with Gasteiger partial charge in [-0.2, -0.15) is 0 Å². The van der Waals surface area contributed by atoms with Crippen molar-refractivity contribution in [2.24, 2.45) is 0 Å². The van der Waals surface area contributed by atoms with E-state index in [9.17, 15) is 18.0 Å². The maximum absolute atomic E-state index is 12.9. The summed E-state index contributed by atoms with van der Waals surface area (Å²) >= 11 is 0. The van der Waals surface area contributed by atoms with Crippen LogP contribution in [0.4, 0.5) is 5.69 Å². The summed E-state index contributed by atoms with van der Waals surface area (Å²) in [5, 5.41) is 2.74. The van der Waals surface area contributed by atoms with Crippen molar-refractivity contribution < 1.29 is 22.7 Å². The van der Waals surface area contributed by atoms with Crippen LogP contribution in [0.3, 0.4) is 0 Å². The Labute approximate surface area is 190 Å². The molecule has 8 heteroatoms. The van der Waals surface area contributed by atoms with Crippen LogP contribution in [-0.2, 0) is 24.3 Å². The number of hydrogen-bond acceptors (Lipinski definition) is 5. The van der Waals surface area contributed by atoms with E-state index in [2.05, 4.69) is 10.0 Å². The zero-order valence-electron chi connectivity index (χ0n) is 19.8. The third-order valence-electron chi connectivity index (χ3n) is 5.93. The highest BCUT2D eigenvalue weighted by Gasteiger charge is 2.23. The highest BCUT2D eigenvalue weighted by molar-refractivity contribution is 7.89. The molecule has 0 unspecified atom stereocenters. The normalized spacial score (nSPS) is 11.3. The lowest BCUT2D eigenvalue weighted by atomic mass is 9.95. The van der Waals surface area contributed by atoms with E-state index in [-0.39, 0.29) is 17.9 Å². The van der Waals surface area contributed by atoms with Crippen molar-refractivity contribution in [1.29, 1.82) is 0 Å². The number of rotatable bonds is 8. The molecule has 1 amide bonds. The van der Waals surface area contributed by atoms with Crippen molar-refractivity contribution in [3.05, 3.63) is 57.1 Å². The van der Waals surface area contributed by atoms with Crippen LogP contribution in [0.1, 0.15) is 45.4 Å². The van der Waals surface area contributed by atoms with Gasteiger partial charge in [0.25, 0.3) is 5.91 Å². The molecule has 0 saturated carbocycles. The summed E-state index contributed by atoms with van der Waals surface area (Å²) in [5.74, 6) is -1.11. The summed E-state index contributed by atoms with van der Waals surface area (Å²) in [6.45, 7) is 12.5. The Bertz CT molecular complexity index is 1100. The minimum atomic E-state index is -3.80. The molecule has 0 spiro atoms. The third-order valence-corrected chi connectivity index (χ3v) is 7.66. The largest absolute Gasteiger partial charge is 0.456 e. The highest BCUT2D eigenvalue weighted by atomic mass is 32.2. The van der Waals surface area contributed by atoms with E-state index in [1.807, 2.05) is 52.8 Å². The number of carbonyl (C=O) groups is 2. The molecule has 0 atom stereocenters. The number of sulfonamides is 1. The molecular weight excluding hydrogens is 428 g/mol. The average molecular weight is 461 g/mol. The molecule has 0 saturated heterocycles. The van der Waals surface area contributed by atoms with Gasteiger partial charge in [0.2, 0.25) is 10.0 Å². The topological polar surface area (TPSA) is 102 Å². The Morgan fingerprint density at radius 1 is 0.844 bits per heavy atom. The number of hydrogen-bond donors (Lipinski definition) is 2. The van der Waals surface area contributed by atoms with Crippen LogP contribution in [0.25, 0.3) is 0 Å². The molecule has 0 fully saturated rings. The van der Waals surface area contributed by atoms with Crippen molar-refractivity contribution in [3.63, 3.8) is 0 Å². The molecule has 0 bridgehead atoms. The Morgan fingerprint density at radius 2 is 1.34 bits per heavy atom. The van der Waals surface area contributed by atoms with E-state index in [0.717, 1.165) is 27.8 Å². The van der Waals surface area contributed by atoms with E-state index in [1.165, 1.54) is 0 Å². The van der Waals surface area contributed by atoms with Gasteiger partial charge in [-0.25, -0.2) is 13.1 Å². The summed E-state index contributed by atoms with van der Waals surface area (Å²) < 4.78 is 33.2. The van der Waals surface area contributed by atoms with Crippen LogP contribution in [0.2, 0.25) is 0 Å². The van der Waals surface area contributed by atoms with Gasteiger partial charge < -0.3 is 10.1 Å². The second-order valence-electron chi connectivity index (χ2n) is 8.08. The van der Waals surface area contributed by atoms with Gasteiger partial charge in [-0.15, -0.1) is 0 Å². The molecule has 0 heterocycles. The van der Waals surface area contributed by atoms with Crippen LogP contribution >= 0.6 is 0 Å². The first kappa shape index (κ1) is 25.5. The molecule has 7 nitrogen and oxygen atoms in total. The SMILES string of the molecule is Cc1cccc(C)c1NC(=O)COC(=O)CCNS(=O)(=O)c1c(C)c(C)c(C)c(C)c1C. The molecule has 2 aromatic rings. The second-order valence-corrected chi connectivity index (χ2v) is 9.78. The van der Waals surface area contributed by atoms with E-state index in [0.29, 0.717) is 16.8 Å². The van der Waals surface area contributed by atoms with E-state index < -0.39 is 28.5 Å². The molecule has 0 radical (unpaired) electrons. The molecule has 0 aromatic heterocycles. The predicted octanol–water partition coefficient (Wildman–Crippen LogP) is 3.70. The number of ether oxygens (including phenoxy) is 1. The van der Waals surface area contributed by atoms with Crippen LogP contribution in [0, 0.1) is 48.5 Å². The van der Waals surface area contributed by atoms with Crippen LogP contribution in [0.15, 0.2) is 23.1 Å². The number of anilines is 1. The number of aryl methyl sites for hydroxylation is 2. The van der Waals surface area contributed by atoms with E-state index in [1.54, 1.807) is 13.8 Å². The highest BCUT2D eigenvalue weighted by Crippen LogP contribution is 2.29. The van der Waals surface area contributed by atoms with Crippen molar-refractivity contribution in [1.82, 2.24) is 4.72 Å². The number of para-hydroxylation sites is 1. The first-order valence-electron chi connectivity index (χ1n) is 10.4. The second kappa shape index (κ2) is 10.3. The fraction of sp³-hybridized carbons (Fsp3) is 0.417. The summed E-state index contributed by atoms with van der Waals surface area (Å²) in [6.07, 6.45) is -0.183. The first-order chi connectivity index (χ1) is 14.9. The summed E-state index contributed by atoms with van der Waals surface area (Å²) in [5.41, 5.74) is 6.84. The standard InChI is InChI=1S/C24H32N2O5S/c1-14-9-8-10-15(2)23(14)26-21(27)13-31-22(28)11-12-25-32(29,30)24-19(6)17(4)16(3)18(5)20(24)7/h8-10,25H,11-13H2,1-7H3,(H,26,27). The Balaban J connectivity index is 1.92. The molecule has 0 aliphatic carbocycles. The fourth-order valence-corrected chi connectivity index (χ4v) is 5.26. The summed E-state index contributed by atoms with van der Waals surface area (Å²) in [4.78, 5) is 24.4. The number of benzene rings is 2. The van der Waals surface area contributed by atoms with Crippen LogP contribution < -0.4 is 10.0 Å². The molecule has 0 aliphatic rings. The average Bonchev–Trinajstić information content (AvgIpc) is 2.72. The molecule has 2 N–H and O–H groups in total. The monoisotopic (exact) mass is 460 g/mol. The fourth-order valence-electron chi connectivity index (χ4n) is 3.63. The van der Waals surface area contributed by atoms with Gasteiger partial charge in [0.05, 0.1) is 11.3 Å². The Hall–Kier alpha value is -2.71. The number of nitrogens with one attached hydrogen (secondary N) is 2. The number of carbonyl (C=O) groups excluding carboxylic acids is 2. The van der Waals surface area contributed by atoms with E-state index in [4.69, 9.17) is 4.74 Å². The van der Waals surface area contributed by atoms with Gasteiger partial charge in [-0.1, -0.05) is 18.2 Å². The maximum atomic E-state index is 12.9. The Morgan fingerprint density at radius 3 is 1.88 bits per heavy atom. The maximum Gasteiger partial charge on any atom is 0.307 e. The minimum Gasteiger partial charge on any atom is -0.456 e. The van der Waals surface area contributed by atoms with Gasteiger partial charge in [0, 0.05) is 12.2 Å². The van der Waals surface area contributed by atoms with Crippen molar-refractivity contribution >= 4 is 27.6 Å². The van der Waals surface area contributed by atoms with Crippen LogP contribution in [-0.4, -0.2) is 33.4 Å². The van der Waals surface area contributed by atoms with Gasteiger partial charge in [0.15, 0.2) is 6.61 Å². The van der Waals surface area contributed by atoms with Crippen LogP contribution in [0.5, 0.6) is 0 Å². The zero-order chi connectivity index (χ0) is 24.2. The molecule has 32 heavy (non-hydrogen) atoms. The quantitative estimate of drug-likeness (QED) is 0.585. The summed E-state index contributed by atoms with van der Waals surface area (Å²) in [7, 11) is -3.80. The molecule has 0 aliphatic heterocycles. The number of amides is 1. The smallest absolute Gasteiger partial charge is 0.307 e. The van der Waals surface area contributed by atoms with Gasteiger partial charge in [0.1, 0.15) is 0 Å². The van der Waals surface area contributed by atoms with E-state index >= 15 is 0 Å². The molecule has 2 aromatic carbocycles. The van der Waals surface area contributed by atoms with Gasteiger partial charge >= 0.3 is 5.97 Å². The van der Waals surface area contributed by atoms with Gasteiger partial charge in [-0.3, -0.25) is 9.59 Å². The molecule has 2 rings (SSSR count). The lowest BCUT2D eigenvalue weighted by Crippen LogP contribution is -2.29. The lowest BCUT2D eigenvalue weighted by Gasteiger charge is -2.19. The van der Waals surface area contributed by atoms with Gasteiger partial charge in [-0.05, 0) is 87.4 Å². The lowest BCUT2D eigenvalue weighted by molar-refractivity contribution is -0.147. The molecular formula is C24H32N2O5S. The Kier molecular flexibility index (Phi) is 8.20. The first-order valence-corrected chi connectivity index (χ1v) is 11.9. The third kappa shape index (κ3) is 5.75. The van der Waals surface area contributed by atoms with Crippen molar-refractivity contribution in [2.75, 3.05) is 18.5 Å². The summed E-state index contributed by atoms with van der Waals surface area (Å²) in [6, 6.07) is 5.64. The molecule has 174 valence electrons. The zero-order valence-corrected chi connectivity index (χ0v) is 20.6. The predicted molar refractivity (Wildman–Crippen MR) is 125 cm³/mol. The minimum absolute atomic E-state index is 0.120. The number of esters is 1. The van der Waals surface area contributed by atoms with Crippen molar-refractivity contribution in [3.8, 4) is 0 Å². The van der Waals surface area contributed by atoms with Crippen molar-refractivity contribution in [2.45, 2.75) is 59.8 Å².